The van der Waals surface area contributed by atoms with Gasteiger partial charge in [0.2, 0.25) is 0 Å². The Morgan fingerprint density at radius 3 is 2.79 bits per heavy atom. The zero-order valence-corrected chi connectivity index (χ0v) is 10.4. The second kappa shape index (κ2) is 4.24. The lowest BCUT2D eigenvalue weighted by Crippen LogP contribution is -1.93. The predicted molar refractivity (Wildman–Crippen MR) is 72.7 cm³/mol. The highest BCUT2D eigenvalue weighted by Gasteiger charge is 2.07. The summed E-state index contributed by atoms with van der Waals surface area (Å²) in [7, 11) is 0. The number of phenolic OH excluding ortho intramolecular Hbond substituents is 1. The number of carbonyl (C=O) groups is 1. The third kappa shape index (κ3) is 1.97. The van der Waals surface area contributed by atoms with Crippen LogP contribution in [0.25, 0.3) is 16.7 Å². The SMILES string of the molecule is CC(=O)c1ccc2c(c1)ncn2-c1cccc(O)c1. The lowest BCUT2D eigenvalue weighted by molar-refractivity contribution is 0.101. The van der Waals surface area contributed by atoms with Crippen LogP contribution < -0.4 is 0 Å². The number of carbonyl (C=O) groups excluding carboxylic acids is 1. The first-order valence-corrected chi connectivity index (χ1v) is 5.92. The number of aromatic nitrogens is 2. The Kier molecular flexibility index (Phi) is 2.56. The molecule has 0 amide bonds. The Hall–Kier alpha value is -2.62. The molecule has 1 heterocycles. The fourth-order valence-corrected chi connectivity index (χ4v) is 2.08. The van der Waals surface area contributed by atoms with E-state index in [0.717, 1.165) is 16.7 Å². The van der Waals surface area contributed by atoms with Crippen molar-refractivity contribution >= 4 is 16.8 Å². The average Bonchev–Trinajstić information content (AvgIpc) is 2.81. The zero-order valence-electron chi connectivity index (χ0n) is 10.4. The van der Waals surface area contributed by atoms with Gasteiger partial charge in [-0.1, -0.05) is 6.07 Å². The van der Waals surface area contributed by atoms with E-state index >= 15 is 0 Å². The van der Waals surface area contributed by atoms with Crippen molar-refractivity contribution in [3.8, 4) is 11.4 Å². The van der Waals surface area contributed by atoms with Gasteiger partial charge in [0.1, 0.15) is 12.1 Å². The van der Waals surface area contributed by atoms with E-state index in [1.54, 1.807) is 36.7 Å². The molecule has 0 unspecified atom stereocenters. The maximum absolute atomic E-state index is 11.3. The summed E-state index contributed by atoms with van der Waals surface area (Å²) in [6, 6.07) is 12.4. The second-order valence-electron chi connectivity index (χ2n) is 4.39. The van der Waals surface area contributed by atoms with Crippen LogP contribution in [0.2, 0.25) is 0 Å². The number of hydrogen-bond donors (Lipinski definition) is 1. The summed E-state index contributed by atoms with van der Waals surface area (Å²) >= 11 is 0. The number of benzene rings is 2. The molecule has 94 valence electrons. The number of aromatic hydroxyl groups is 1. The molecule has 0 fully saturated rings. The molecule has 0 aliphatic heterocycles. The van der Waals surface area contributed by atoms with E-state index in [1.807, 2.05) is 16.7 Å². The lowest BCUT2D eigenvalue weighted by Gasteiger charge is -2.04. The summed E-state index contributed by atoms with van der Waals surface area (Å²) in [4.78, 5) is 15.6. The average molecular weight is 252 g/mol. The predicted octanol–water partition coefficient (Wildman–Crippen LogP) is 2.93. The molecule has 1 aromatic heterocycles. The van der Waals surface area contributed by atoms with Gasteiger partial charge in [0.05, 0.1) is 16.7 Å². The maximum Gasteiger partial charge on any atom is 0.159 e. The molecule has 3 aromatic rings. The van der Waals surface area contributed by atoms with E-state index in [9.17, 15) is 9.90 Å². The van der Waals surface area contributed by atoms with Crippen LogP contribution in [0.1, 0.15) is 17.3 Å². The van der Waals surface area contributed by atoms with Crippen molar-refractivity contribution in [3.05, 3.63) is 54.4 Å². The molecule has 4 nitrogen and oxygen atoms in total. The van der Waals surface area contributed by atoms with Crippen molar-refractivity contribution in [1.29, 1.82) is 0 Å². The van der Waals surface area contributed by atoms with E-state index in [2.05, 4.69) is 4.98 Å². The van der Waals surface area contributed by atoms with Crippen molar-refractivity contribution in [2.75, 3.05) is 0 Å². The van der Waals surface area contributed by atoms with E-state index in [4.69, 9.17) is 0 Å². The Bertz CT molecular complexity index is 775. The molecule has 2 aromatic carbocycles. The number of rotatable bonds is 2. The zero-order chi connectivity index (χ0) is 13.4. The highest BCUT2D eigenvalue weighted by molar-refractivity contribution is 5.97. The van der Waals surface area contributed by atoms with Crippen molar-refractivity contribution in [3.63, 3.8) is 0 Å². The van der Waals surface area contributed by atoms with Crippen LogP contribution in [-0.4, -0.2) is 20.4 Å². The minimum Gasteiger partial charge on any atom is -0.508 e. The van der Waals surface area contributed by atoms with Gasteiger partial charge in [0.15, 0.2) is 5.78 Å². The van der Waals surface area contributed by atoms with Crippen LogP contribution in [0.3, 0.4) is 0 Å². The van der Waals surface area contributed by atoms with E-state index in [0.29, 0.717) is 5.56 Å². The summed E-state index contributed by atoms with van der Waals surface area (Å²) in [5, 5.41) is 9.52. The van der Waals surface area contributed by atoms with Crippen LogP contribution in [0.15, 0.2) is 48.8 Å². The number of hydrogen-bond acceptors (Lipinski definition) is 3. The van der Waals surface area contributed by atoms with E-state index in [1.165, 1.54) is 6.92 Å². The first-order chi connectivity index (χ1) is 9.15. The summed E-state index contributed by atoms with van der Waals surface area (Å²) < 4.78 is 1.87. The molecule has 0 aliphatic carbocycles. The summed E-state index contributed by atoms with van der Waals surface area (Å²) in [5.74, 6) is 0.230. The lowest BCUT2D eigenvalue weighted by atomic mass is 10.1. The number of imidazole rings is 1. The third-order valence-corrected chi connectivity index (χ3v) is 3.06. The quantitative estimate of drug-likeness (QED) is 0.713. The molecule has 0 bridgehead atoms. The first kappa shape index (κ1) is 11.5. The molecule has 1 N–H and O–H groups in total. The van der Waals surface area contributed by atoms with Crippen LogP contribution in [0.4, 0.5) is 0 Å². The molecule has 0 saturated heterocycles. The third-order valence-electron chi connectivity index (χ3n) is 3.06. The molecule has 19 heavy (non-hydrogen) atoms. The Morgan fingerprint density at radius 1 is 1.21 bits per heavy atom. The van der Waals surface area contributed by atoms with Gasteiger partial charge >= 0.3 is 0 Å². The molecule has 0 atom stereocenters. The van der Waals surface area contributed by atoms with Crippen molar-refractivity contribution in [2.45, 2.75) is 6.92 Å². The molecule has 3 rings (SSSR count). The number of ketones is 1. The molecule has 0 saturated carbocycles. The van der Waals surface area contributed by atoms with Gasteiger partial charge in [-0.05, 0) is 37.3 Å². The number of phenols is 1. The summed E-state index contributed by atoms with van der Waals surface area (Å²) in [6.07, 6.45) is 1.68. The van der Waals surface area contributed by atoms with Crippen LogP contribution in [-0.2, 0) is 0 Å². The minimum absolute atomic E-state index is 0.0220. The van der Waals surface area contributed by atoms with Crippen molar-refractivity contribution < 1.29 is 9.90 Å². The molecule has 0 radical (unpaired) electrons. The Labute approximate surface area is 109 Å². The molecular formula is C15H12N2O2. The number of Topliss-reactive ketones (excluding diaryl/α,β-unsaturated/α-hetero) is 1. The van der Waals surface area contributed by atoms with Gasteiger partial charge in [0, 0.05) is 11.6 Å². The van der Waals surface area contributed by atoms with E-state index in [-0.39, 0.29) is 11.5 Å². The minimum atomic E-state index is 0.0220. The second-order valence-corrected chi connectivity index (χ2v) is 4.39. The van der Waals surface area contributed by atoms with Gasteiger partial charge in [-0.15, -0.1) is 0 Å². The standard InChI is InChI=1S/C15H12N2O2/c1-10(18)11-5-6-15-14(7-11)16-9-17(15)12-3-2-4-13(19)8-12/h2-9,19H,1H3. The maximum atomic E-state index is 11.3. The highest BCUT2D eigenvalue weighted by Crippen LogP contribution is 2.22. The van der Waals surface area contributed by atoms with Crippen LogP contribution in [0, 0.1) is 0 Å². The molecule has 4 heteroatoms. The van der Waals surface area contributed by atoms with Crippen LogP contribution >= 0.6 is 0 Å². The van der Waals surface area contributed by atoms with Crippen LogP contribution in [0.5, 0.6) is 5.75 Å². The summed E-state index contributed by atoms with van der Waals surface area (Å²) in [6.45, 7) is 1.54. The van der Waals surface area contributed by atoms with Crippen molar-refractivity contribution in [1.82, 2.24) is 9.55 Å². The Morgan fingerprint density at radius 2 is 2.05 bits per heavy atom. The summed E-state index contributed by atoms with van der Waals surface area (Å²) in [5.41, 5.74) is 3.14. The number of nitrogens with zero attached hydrogens (tertiary/aromatic N) is 2. The van der Waals surface area contributed by atoms with Gasteiger partial charge in [-0.25, -0.2) is 4.98 Å². The normalized spacial score (nSPS) is 10.8. The fraction of sp³-hybridized carbons (Fsp3) is 0.0667. The van der Waals surface area contributed by atoms with Gasteiger partial charge < -0.3 is 5.11 Å². The van der Waals surface area contributed by atoms with Crippen molar-refractivity contribution in [2.24, 2.45) is 0 Å². The smallest absolute Gasteiger partial charge is 0.159 e. The van der Waals surface area contributed by atoms with Gasteiger partial charge in [0.25, 0.3) is 0 Å². The molecule has 0 spiro atoms. The monoisotopic (exact) mass is 252 g/mol. The Balaban J connectivity index is 2.18. The van der Waals surface area contributed by atoms with E-state index < -0.39 is 0 Å². The topological polar surface area (TPSA) is 55.1 Å². The molecular weight excluding hydrogens is 240 g/mol. The van der Waals surface area contributed by atoms with Gasteiger partial charge in [-0.2, -0.15) is 0 Å². The van der Waals surface area contributed by atoms with Gasteiger partial charge in [-0.3, -0.25) is 9.36 Å². The fourth-order valence-electron chi connectivity index (χ4n) is 2.08. The number of fused-ring (bicyclic) bond motifs is 1. The highest BCUT2D eigenvalue weighted by atomic mass is 16.3. The first-order valence-electron chi connectivity index (χ1n) is 5.92. The largest absolute Gasteiger partial charge is 0.508 e. The molecule has 0 aliphatic rings.